The Morgan fingerprint density at radius 1 is 0.976 bits per heavy atom. The van der Waals surface area contributed by atoms with Crippen molar-refractivity contribution in [3.8, 4) is 29.0 Å². The van der Waals surface area contributed by atoms with Crippen molar-refractivity contribution >= 4 is 40.5 Å². The highest BCUT2D eigenvalue weighted by Gasteiger charge is 2.18. The summed E-state index contributed by atoms with van der Waals surface area (Å²) in [5.41, 5.74) is 1.06. The number of carbonyl (C=O) groups excluding carboxylic acids is 2. The van der Waals surface area contributed by atoms with E-state index in [1.807, 2.05) is 6.07 Å². The third-order valence-electron chi connectivity index (χ3n) is 6.03. The molecule has 0 saturated heterocycles. The molecule has 0 unspecified atom stereocenters. The third-order valence-corrected chi connectivity index (χ3v) is 7.12. The number of benzene rings is 3. The van der Waals surface area contributed by atoms with Gasteiger partial charge in [-0.1, -0.05) is 18.2 Å². The van der Waals surface area contributed by atoms with Crippen LogP contribution in [-0.2, 0) is 9.53 Å². The van der Waals surface area contributed by atoms with Gasteiger partial charge in [0.1, 0.15) is 10.7 Å². The lowest BCUT2D eigenvalue weighted by atomic mass is 10.1. The van der Waals surface area contributed by atoms with Crippen molar-refractivity contribution in [3.63, 3.8) is 0 Å². The summed E-state index contributed by atoms with van der Waals surface area (Å²) < 4.78 is 23.0. The summed E-state index contributed by atoms with van der Waals surface area (Å²) in [7, 11) is 4.47. The van der Waals surface area contributed by atoms with Crippen LogP contribution >= 0.6 is 11.3 Å². The molecule has 10 nitrogen and oxygen atoms in total. The van der Waals surface area contributed by atoms with Crippen LogP contribution in [-0.4, -0.2) is 44.4 Å². The molecule has 4 aromatic rings. The molecule has 42 heavy (non-hydrogen) atoms. The first-order valence-electron chi connectivity index (χ1n) is 12.7. The Labute approximate surface area is 245 Å². The highest BCUT2D eigenvalue weighted by molar-refractivity contribution is 7.07. The summed E-state index contributed by atoms with van der Waals surface area (Å²) >= 11 is 0.997. The van der Waals surface area contributed by atoms with Gasteiger partial charge in [-0.15, -0.1) is 11.3 Å². The number of nitriles is 1. The summed E-state index contributed by atoms with van der Waals surface area (Å²) in [4.78, 5) is 39.0. The Kier molecular flexibility index (Phi) is 9.42. The molecular weight excluding hydrogens is 558 g/mol. The van der Waals surface area contributed by atoms with Gasteiger partial charge in [-0.3, -0.25) is 14.2 Å². The van der Waals surface area contributed by atoms with E-state index in [0.29, 0.717) is 39.8 Å². The second-order valence-electron chi connectivity index (χ2n) is 8.59. The summed E-state index contributed by atoms with van der Waals surface area (Å²) in [6.07, 6.45) is 1.63. The van der Waals surface area contributed by atoms with Crippen molar-refractivity contribution in [2.24, 2.45) is 0 Å². The Bertz CT molecular complexity index is 1810. The topological polar surface area (TPSA) is 129 Å². The van der Waals surface area contributed by atoms with E-state index in [9.17, 15) is 19.6 Å². The van der Waals surface area contributed by atoms with Crippen LogP contribution in [0, 0.1) is 11.3 Å². The van der Waals surface area contributed by atoms with E-state index in [1.165, 1.54) is 50.2 Å². The maximum Gasteiger partial charge on any atom is 0.338 e. The van der Waals surface area contributed by atoms with Crippen LogP contribution in [0.3, 0.4) is 0 Å². The number of amides is 1. The largest absolute Gasteiger partial charge is 0.493 e. The van der Waals surface area contributed by atoms with Gasteiger partial charge in [0.15, 0.2) is 17.1 Å². The van der Waals surface area contributed by atoms with Gasteiger partial charge in [0.2, 0.25) is 5.75 Å². The van der Waals surface area contributed by atoms with Gasteiger partial charge in [-0.2, -0.15) is 5.26 Å². The van der Waals surface area contributed by atoms with Crippen LogP contribution in [0.25, 0.3) is 17.3 Å². The molecule has 0 aliphatic rings. The van der Waals surface area contributed by atoms with Gasteiger partial charge < -0.3 is 24.3 Å². The molecule has 0 spiro atoms. The van der Waals surface area contributed by atoms with Gasteiger partial charge in [-0.05, 0) is 67.1 Å². The van der Waals surface area contributed by atoms with Gasteiger partial charge in [0.25, 0.3) is 11.5 Å². The van der Waals surface area contributed by atoms with Crippen molar-refractivity contribution in [2.75, 3.05) is 33.3 Å². The van der Waals surface area contributed by atoms with Crippen molar-refractivity contribution in [2.45, 2.75) is 6.92 Å². The molecule has 0 bridgehead atoms. The first-order valence-corrected chi connectivity index (χ1v) is 13.5. The van der Waals surface area contributed by atoms with Crippen molar-refractivity contribution in [3.05, 3.63) is 97.4 Å². The third kappa shape index (κ3) is 6.19. The predicted molar refractivity (Wildman–Crippen MR) is 159 cm³/mol. The number of nitrogens with zero attached hydrogens (tertiary/aromatic N) is 2. The average molecular weight is 586 g/mol. The SMILES string of the molecule is CCOC(=O)c1ccc(NC(=O)/C(C#N)=c2\s/c(=C/c3cc(OC)c(OC)c(OC)c3)c(=O)n2-c2ccccc2)cc1. The number of aromatic nitrogens is 1. The lowest BCUT2D eigenvalue weighted by Crippen LogP contribution is -2.32. The zero-order chi connectivity index (χ0) is 30.2. The minimum atomic E-state index is -0.716. The molecule has 0 fully saturated rings. The summed E-state index contributed by atoms with van der Waals surface area (Å²) in [5, 5.41) is 12.8. The van der Waals surface area contributed by atoms with Crippen LogP contribution in [0.5, 0.6) is 17.2 Å². The monoisotopic (exact) mass is 585 g/mol. The van der Waals surface area contributed by atoms with E-state index in [-0.39, 0.29) is 21.4 Å². The van der Waals surface area contributed by atoms with Crippen LogP contribution in [0.1, 0.15) is 22.8 Å². The maximum absolute atomic E-state index is 13.7. The highest BCUT2D eigenvalue weighted by Crippen LogP contribution is 2.38. The molecule has 0 atom stereocenters. The number of hydrogen-bond acceptors (Lipinski definition) is 9. The molecule has 1 amide bonds. The molecule has 1 heterocycles. The highest BCUT2D eigenvalue weighted by atomic mass is 32.1. The summed E-state index contributed by atoms with van der Waals surface area (Å²) in [6.45, 7) is 1.94. The van der Waals surface area contributed by atoms with Crippen LogP contribution in [0.2, 0.25) is 0 Å². The number of carbonyl (C=O) groups is 2. The molecule has 1 N–H and O–H groups in total. The molecule has 0 aliphatic heterocycles. The normalized spacial score (nSPS) is 11.7. The maximum atomic E-state index is 13.7. The van der Waals surface area contributed by atoms with E-state index in [0.717, 1.165) is 11.3 Å². The van der Waals surface area contributed by atoms with E-state index in [1.54, 1.807) is 55.5 Å². The Morgan fingerprint density at radius 3 is 2.17 bits per heavy atom. The number of esters is 1. The number of para-hydroxylation sites is 1. The minimum absolute atomic E-state index is 0.146. The second-order valence-corrected chi connectivity index (χ2v) is 9.62. The molecule has 0 radical (unpaired) electrons. The van der Waals surface area contributed by atoms with Gasteiger partial charge in [-0.25, -0.2) is 4.79 Å². The van der Waals surface area contributed by atoms with Gasteiger partial charge in [0.05, 0.1) is 43.7 Å². The quantitative estimate of drug-likeness (QED) is 0.297. The molecule has 4 rings (SSSR count). The first kappa shape index (κ1) is 29.6. The summed E-state index contributed by atoms with van der Waals surface area (Å²) in [5.74, 6) is 0.00668. The molecular formula is C31H27N3O7S. The standard InChI is InChI=1S/C31H27N3O7S/c1-5-41-31(37)20-11-13-21(14-12-20)33-28(35)23(18-32)30-34(22-9-7-6-8-10-22)29(36)26(42-30)17-19-15-24(38-2)27(40-4)25(16-19)39-3/h6-17H,5H2,1-4H3,(H,33,35)/b26-17+,30-23-. The average Bonchev–Trinajstić information content (AvgIpc) is 3.32. The fraction of sp³-hybridized carbons (Fsp3) is 0.161. The molecule has 11 heteroatoms. The number of anilines is 1. The first-order chi connectivity index (χ1) is 20.3. The molecule has 214 valence electrons. The lowest BCUT2D eigenvalue weighted by Gasteiger charge is -2.12. The number of thiazole rings is 1. The smallest absolute Gasteiger partial charge is 0.338 e. The molecule has 0 aliphatic carbocycles. The van der Waals surface area contributed by atoms with E-state index in [4.69, 9.17) is 18.9 Å². The Hall–Kier alpha value is -5.34. The van der Waals surface area contributed by atoms with Crippen LogP contribution in [0.4, 0.5) is 5.69 Å². The number of methoxy groups -OCH3 is 3. The fourth-order valence-electron chi connectivity index (χ4n) is 4.09. The van der Waals surface area contributed by atoms with E-state index < -0.39 is 17.4 Å². The van der Waals surface area contributed by atoms with E-state index in [2.05, 4.69) is 5.32 Å². The van der Waals surface area contributed by atoms with Gasteiger partial charge >= 0.3 is 5.97 Å². The molecule has 0 saturated carbocycles. The second kappa shape index (κ2) is 13.3. The van der Waals surface area contributed by atoms with Crippen molar-refractivity contribution in [1.29, 1.82) is 5.26 Å². The zero-order valence-electron chi connectivity index (χ0n) is 23.3. The minimum Gasteiger partial charge on any atom is -0.493 e. The number of hydrogen-bond donors (Lipinski definition) is 1. The number of ether oxygens (including phenoxy) is 4. The van der Waals surface area contributed by atoms with Crippen molar-refractivity contribution in [1.82, 2.24) is 4.57 Å². The summed E-state index contributed by atoms with van der Waals surface area (Å²) in [6, 6.07) is 20.1. The molecule has 3 aromatic carbocycles. The zero-order valence-corrected chi connectivity index (χ0v) is 24.1. The fourth-order valence-corrected chi connectivity index (χ4v) is 5.19. The van der Waals surface area contributed by atoms with Crippen LogP contribution < -0.4 is 34.3 Å². The molecule has 1 aromatic heterocycles. The van der Waals surface area contributed by atoms with Gasteiger partial charge in [0, 0.05) is 5.69 Å². The number of nitrogens with one attached hydrogen (secondary N) is 1. The van der Waals surface area contributed by atoms with Crippen molar-refractivity contribution < 1.29 is 28.5 Å². The number of rotatable bonds is 9. The van der Waals surface area contributed by atoms with E-state index >= 15 is 0 Å². The van der Waals surface area contributed by atoms with Crippen LogP contribution in [0.15, 0.2) is 71.5 Å². The Morgan fingerprint density at radius 2 is 1.62 bits per heavy atom. The lowest BCUT2D eigenvalue weighted by molar-refractivity contribution is -0.111. The predicted octanol–water partition coefficient (Wildman–Crippen LogP) is 3.24. The Balaban J connectivity index is 1.87.